The van der Waals surface area contributed by atoms with Crippen molar-refractivity contribution in [3.05, 3.63) is 29.8 Å². The molecule has 2 fully saturated rings. The average Bonchev–Trinajstić information content (AvgIpc) is 3.29. The molecule has 1 aromatic rings. The van der Waals surface area contributed by atoms with Gasteiger partial charge in [-0.15, -0.1) is 0 Å². The van der Waals surface area contributed by atoms with E-state index in [9.17, 15) is 9.59 Å². The highest BCUT2D eigenvalue weighted by Gasteiger charge is 2.65. The van der Waals surface area contributed by atoms with Crippen molar-refractivity contribution >= 4 is 17.6 Å². The number of carbonyl (C=O) groups is 2. The molecule has 100 valence electrons. The van der Waals surface area contributed by atoms with E-state index in [1.54, 1.807) is 31.2 Å². The Morgan fingerprint density at radius 1 is 1.42 bits per heavy atom. The first-order valence-corrected chi connectivity index (χ1v) is 6.65. The Balaban J connectivity index is 1.69. The summed E-state index contributed by atoms with van der Waals surface area (Å²) in [5.74, 6) is -1.17. The second kappa shape index (κ2) is 4.08. The van der Waals surface area contributed by atoms with Gasteiger partial charge in [0, 0.05) is 11.6 Å². The van der Waals surface area contributed by atoms with Crippen LogP contribution < -0.4 is 5.32 Å². The van der Waals surface area contributed by atoms with Gasteiger partial charge in [-0.3, -0.25) is 9.59 Å². The number of anilines is 1. The monoisotopic (exact) mass is 259 g/mol. The lowest BCUT2D eigenvalue weighted by Crippen LogP contribution is -2.15. The molecule has 0 aliphatic heterocycles. The molecule has 2 unspecified atom stereocenters. The van der Waals surface area contributed by atoms with E-state index in [2.05, 4.69) is 5.32 Å². The van der Waals surface area contributed by atoms with Gasteiger partial charge in [-0.25, -0.2) is 0 Å². The minimum Gasteiger partial charge on any atom is -0.481 e. The molecule has 2 saturated carbocycles. The van der Waals surface area contributed by atoms with Crippen LogP contribution in [0, 0.1) is 11.3 Å². The summed E-state index contributed by atoms with van der Waals surface area (Å²) in [6.07, 6.45) is 3.38. The molecule has 0 radical (unpaired) electrons. The maximum atomic E-state index is 12.0. The molecular formula is C15H17NO3. The van der Waals surface area contributed by atoms with Gasteiger partial charge in [-0.05, 0) is 49.3 Å². The van der Waals surface area contributed by atoms with Crippen molar-refractivity contribution in [2.75, 3.05) is 5.32 Å². The Morgan fingerprint density at radius 3 is 2.74 bits per heavy atom. The number of carboxylic acids is 1. The number of hydrogen-bond donors (Lipinski definition) is 2. The zero-order valence-corrected chi connectivity index (χ0v) is 10.8. The standard InChI is InChI=1S/C15H17NO3/c1-9(14(18)19)10-3-2-4-11(7-10)16-13(17)12-8-15(12)5-6-15/h2-4,7,9,12H,5-6,8H2,1H3,(H,16,17)(H,18,19). The Hall–Kier alpha value is -1.84. The summed E-state index contributed by atoms with van der Waals surface area (Å²) in [5.41, 5.74) is 1.75. The maximum absolute atomic E-state index is 12.0. The molecule has 3 rings (SSSR count). The zero-order chi connectivity index (χ0) is 13.6. The molecular weight excluding hydrogens is 242 g/mol. The summed E-state index contributed by atoms with van der Waals surface area (Å²) >= 11 is 0. The van der Waals surface area contributed by atoms with Crippen LogP contribution in [0.4, 0.5) is 5.69 Å². The van der Waals surface area contributed by atoms with Crippen molar-refractivity contribution in [3.63, 3.8) is 0 Å². The van der Waals surface area contributed by atoms with Crippen LogP contribution in [0.15, 0.2) is 24.3 Å². The Bertz CT molecular complexity index is 548. The number of nitrogens with one attached hydrogen (secondary N) is 1. The summed E-state index contributed by atoms with van der Waals surface area (Å²) in [6.45, 7) is 1.64. The van der Waals surface area contributed by atoms with Gasteiger partial charge in [-0.1, -0.05) is 12.1 Å². The van der Waals surface area contributed by atoms with E-state index in [-0.39, 0.29) is 11.8 Å². The van der Waals surface area contributed by atoms with Crippen LogP contribution in [-0.2, 0) is 9.59 Å². The first-order valence-electron chi connectivity index (χ1n) is 6.65. The largest absolute Gasteiger partial charge is 0.481 e. The molecule has 4 nitrogen and oxygen atoms in total. The number of benzene rings is 1. The number of carbonyl (C=O) groups excluding carboxylic acids is 1. The van der Waals surface area contributed by atoms with E-state index < -0.39 is 11.9 Å². The molecule has 0 heterocycles. The fraction of sp³-hybridized carbons (Fsp3) is 0.467. The third-order valence-corrected chi connectivity index (χ3v) is 4.42. The minimum atomic E-state index is -0.859. The summed E-state index contributed by atoms with van der Waals surface area (Å²) in [6, 6.07) is 7.11. The third kappa shape index (κ3) is 2.23. The van der Waals surface area contributed by atoms with E-state index in [1.807, 2.05) is 0 Å². The van der Waals surface area contributed by atoms with E-state index >= 15 is 0 Å². The van der Waals surface area contributed by atoms with Gasteiger partial charge in [0.05, 0.1) is 5.92 Å². The average molecular weight is 259 g/mol. The molecule has 2 aliphatic carbocycles. The van der Waals surface area contributed by atoms with Crippen LogP contribution in [-0.4, -0.2) is 17.0 Å². The Labute approximate surface area is 111 Å². The van der Waals surface area contributed by atoms with Gasteiger partial charge in [0.1, 0.15) is 0 Å². The predicted molar refractivity (Wildman–Crippen MR) is 70.9 cm³/mol. The van der Waals surface area contributed by atoms with E-state index in [4.69, 9.17) is 5.11 Å². The predicted octanol–water partition coefficient (Wildman–Crippen LogP) is 2.61. The molecule has 1 amide bonds. The summed E-state index contributed by atoms with van der Waals surface area (Å²) < 4.78 is 0. The lowest BCUT2D eigenvalue weighted by molar-refractivity contribution is -0.138. The third-order valence-electron chi connectivity index (χ3n) is 4.42. The van der Waals surface area contributed by atoms with Crippen molar-refractivity contribution in [2.24, 2.45) is 11.3 Å². The second-order valence-electron chi connectivity index (χ2n) is 5.79. The molecule has 2 atom stereocenters. The molecule has 1 spiro atoms. The van der Waals surface area contributed by atoms with Crippen LogP contribution in [0.25, 0.3) is 0 Å². The van der Waals surface area contributed by atoms with Gasteiger partial charge >= 0.3 is 5.97 Å². The molecule has 19 heavy (non-hydrogen) atoms. The highest BCUT2D eigenvalue weighted by atomic mass is 16.4. The molecule has 2 N–H and O–H groups in total. The Morgan fingerprint density at radius 2 is 2.16 bits per heavy atom. The minimum absolute atomic E-state index is 0.0811. The van der Waals surface area contributed by atoms with Gasteiger partial charge in [-0.2, -0.15) is 0 Å². The second-order valence-corrected chi connectivity index (χ2v) is 5.79. The van der Waals surface area contributed by atoms with Gasteiger partial charge in [0.25, 0.3) is 0 Å². The summed E-state index contributed by atoms with van der Waals surface area (Å²) in [5, 5.41) is 11.9. The maximum Gasteiger partial charge on any atom is 0.310 e. The van der Waals surface area contributed by atoms with E-state index in [1.165, 1.54) is 12.8 Å². The fourth-order valence-corrected chi connectivity index (χ4v) is 2.69. The van der Waals surface area contributed by atoms with Crippen LogP contribution in [0.1, 0.15) is 37.7 Å². The van der Waals surface area contributed by atoms with Gasteiger partial charge in [0.2, 0.25) is 5.91 Å². The summed E-state index contributed by atoms with van der Waals surface area (Å²) in [4.78, 5) is 23.0. The SMILES string of the molecule is CC(C(=O)O)c1cccc(NC(=O)C2CC23CC3)c1. The van der Waals surface area contributed by atoms with Gasteiger partial charge < -0.3 is 10.4 Å². The van der Waals surface area contributed by atoms with Crippen LogP contribution >= 0.6 is 0 Å². The van der Waals surface area contributed by atoms with E-state index in [0.717, 1.165) is 6.42 Å². The number of carboxylic acid groups (broad SMARTS) is 1. The molecule has 1 aromatic carbocycles. The summed E-state index contributed by atoms with van der Waals surface area (Å²) in [7, 11) is 0. The molecule has 0 bridgehead atoms. The highest BCUT2D eigenvalue weighted by molar-refractivity contribution is 5.95. The highest BCUT2D eigenvalue weighted by Crippen LogP contribution is 2.70. The first-order chi connectivity index (χ1) is 9.02. The lowest BCUT2D eigenvalue weighted by atomic mass is 10.0. The first kappa shape index (κ1) is 12.2. The normalized spacial score (nSPS) is 23.7. The lowest BCUT2D eigenvalue weighted by Gasteiger charge is -2.10. The van der Waals surface area contributed by atoms with Crippen molar-refractivity contribution < 1.29 is 14.7 Å². The number of amides is 1. The van der Waals surface area contributed by atoms with Crippen LogP contribution in [0.5, 0.6) is 0 Å². The fourth-order valence-electron chi connectivity index (χ4n) is 2.69. The zero-order valence-electron chi connectivity index (χ0n) is 10.8. The van der Waals surface area contributed by atoms with Crippen molar-refractivity contribution in [1.82, 2.24) is 0 Å². The number of aliphatic carboxylic acids is 1. The van der Waals surface area contributed by atoms with Gasteiger partial charge in [0.15, 0.2) is 0 Å². The topological polar surface area (TPSA) is 66.4 Å². The van der Waals surface area contributed by atoms with Crippen molar-refractivity contribution in [3.8, 4) is 0 Å². The quantitative estimate of drug-likeness (QED) is 0.873. The Kier molecular flexibility index (Phi) is 2.62. The number of rotatable bonds is 4. The van der Waals surface area contributed by atoms with Crippen LogP contribution in [0.2, 0.25) is 0 Å². The van der Waals surface area contributed by atoms with Crippen molar-refractivity contribution in [2.45, 2.75) is 32.1 Å². The molecule has 2 aliphatic rings. The van der Waals surface area contributed by atoms with Crippen LogP contribution in [0.3, 0.4) is 0 Å². The molecule has 0 saturated heterocycles. The molecule has 0 aromatic heterocycles. The smallest absolute Gasteiger partial charge is 0.310 e. The molecule has 4 heteroatoms. The van der Waals surface area contributed by atoms with Crippen molar-refractivity contribution in [1.29, 1.82) is 0 Å². The van der Waals surface area contributed by atoms with E-state index in [0.29, 0.717) is 16.7 Å². The number of hydrogen-bond acceptors (Lipinski definition) is 2.